The molecule has 0 saturated heterocycles. The summed E-state index contributed by atoms with van der Waals surface area (Å²) in [6.07, 6.45) is -4.80. The van der Waals surface area contributed by atoms with Crippen molar-refractivity contribution in [2.45, 2.75) is 12.7 Å². The molecule has 15 heavy (non-hydrogen) atoms. The lowest BCUT2D eigenvalue weighted by molar-refractivity contribution is -0.184. The Morgan fingerprint density at radius 2 is 1.80 bits per heavy atom. The van der Waals surface area contributed by atoms with Crippen molar-refractivity contribution in [1.29, 1.82) is 0 Å². The molecule has 0 N–H and O–H groups in total. The second kappa shape index (κ2) is 4.33. The normalized spacial score (nSPS) is 11.2. The predicted octanol–water partition coefficient (Wildman–Crippen LogP) is 2.21. The Balaban J connectivity index is 2.65. The number of carbonyl (C=O) groups excluding carboxylic acids is 1. The van der Waals surface area contributed by atoms with E-state index in [0.29, 0.717) is 10.5 Å². The van der Waals surface area contributed by atoms with Crippen LogP contribution in [0.25, 0.3) is 0 Å². The van der Waals surface area contributed by atoms with Crippen LogP contribution >= 0.6 is 0 Å². The molecule has 1 aromatic carbocycles. The van der Waals surface area contributed by atoms with E-state index in [0.717, 1.165) is 7.05 Å². The summed E-state index contributed by atoms with van der Waals surface area (Å²) < 4.78 is 36.0. The predicted molar refractivity (Wildman–Crippen MR) is 49.0 cm³/mol. The zero-order valence-electron chi connectivity index (χ0n) is 8.08. The van der Waals surface area contributed by atoms with Gasteiger partial charge < -0.3 is 4.90 Å². The number of halogens is 3. The molecule has 0 aliphatic rings. The van der Waals surface area contributed by atoms with Gasteiger partial charge in [-0.05, 0) is 5.56 Å². The second-order valence-electron chi connectivity index (χ2n) is 3.14. The topological polar surface area (TPSA) is 20.3 Å². The van der Waals surface area contributed by atoms with E-state index in [4.69, 9.17) is 0 Å². The lowest BCUT2D eigenvalue weighted by Crippen LogP contribution is -2.37. The van der Waals surface area contributed by atoms with Crippen molar-refractivity contribution >= 4 is 5.91 Å². The summed E-state index contributed by atoms with van der Waals surface area (Å²) in [7, 11) is 1.13. The summed E-state index contributed by atoms with van der Waals surface area (Å²) in [5.41, 5.74) is 0.664. The highest BCUT2D eigenvalue weighted by Gasteiger charge is 2.41. The maximum Gasteiger partial charge on any atom is 0.471 e. The van der Waals surface area contributed by atoms with Crippen LogP contribution in [0.5, 0.6) is 0 Å². The van der Waals surface area contributed by atoms with Crippen molar-refractivity contribution in [3.05, 3.63) is 35.9 Å². The van der Waals surface area contributed by atoms with Crippen molar-refractivity contribution < 1.29 is 18.0 Å². The van der Waals surface area contributed by atoms with Crippen LogP contribution in [0.15, 0.2) is 30.3 Å². The zero-order chi connectivity index (χ0) is 11.5. The highest BCUT2D eigenvalue weighted by Crippen LogP contribution is 2.18. The molecule has 82 valence electrons. The van der Waals surface area contributed by atoms with Crippen LogP contribution in [0.3, 0.4) is 0 Å². The lowest BCUT2D eigenvalue weighted by atomic mass is 10.2. The number of hydrogen-bond acceptors (Lipinski definition) is 1. The number of nitrogens with zero attached hydrogens (tertiary/aromatic N) is 1. The Kier molecular flexibility index (Phi) is 3.34. The molecule has 0 atom stereocenters. The number of rotatable bonds is 2. The molecule has 2 nitrogen and oxygen atoms in total. The molecule has 5 heteroatoms. The molecule has 0 aliphatic carbocycles. The SMILES string of the molecule is CN(Cc1ccccc1)C(=O)C(F)(F)F. The Labute approximate surface area is 85.3 Å². The highest BCUT2D eigenvalue weighted by atomic mass is 19.4. The summed E-state index contributed by atoms with van der Waals surface area (Å²) in [5.74, 6) is -1.83. The van der Waals surface area contributed by atoms with Crippen molar-refractivity contribution in [3.63, 3.8) is 0 Å². The van der Waals surface area contributed by atoms with Crippen molar-refractivity contribution in [1.82, 2.24) is 4.90 Å². The van der Waals surface area contributed by atoms with E-state index < -0.39 is 12.1 Å². The van der Waals surface area contributed by atoms with Crippen LogP contribution < -0.4 is 0 Å². The Bertz CT molecular complexity index is 334. The fourth-order valence-corrected chi connectivity index (χ4v) is 1.15. The monoisotopic (exact) mass is 217 g/mol. The number of alkyl halides is 3. The van der Waals surface area contributed by atoms with Gasteiger partial charge in [0.2, 0.25) is 0 Å². The minimum absolute atomic E-state index is 0.0425. The highest BCUT2D eigenvalue weighted by molar-refractivity contribution is 5.81. The standard InChI is InChI=1S/C10H10F3NO/c1-14(9(15)10(11,12)13)7-8-5-3-2-4-6-8/h2-6H,7H2,1H3. The van der Waals surface area contributed by atoms with Crippen LogP contribution in [0.1, 0.15) is 5.56 Å². The first kappa shape index (κ1) is 11.6. The van der Waals surface area contributed by atoms with Gasteiger partial charge in [0.25, 0.3) is 0 Å². The second-order valence-corrected chi connectivity index (χ2v) is 3.14. The van der Waals surface area contributed by atoms with Gasteiger partial charge >= 0.3 is 12.1 Å². The molecule has 0 fully saturated rings. The van der Waals surface area contributed by atoms with Crippen LogP contribution in [-0.4, -0.2) is 24.0 Å². The van der Waals surface area contributed by atoms with Crippen LogP contribution in [0.4, 0.5) is 13.2 Å². The maximum atomic E-state index is 12.0. The molecule has 0 unspecified atom stereocenters. The summed E-state index contributed by atoms with van der Waals surface area (Å²) in [6, 6.07) is 8.51. The van der Waals surface area contributed by atoms with Crippen LogP contribution in [0.2, 0.25) is 0 Å². The molecule has 1 rings (SSSR count). The third-order valence-electron chi connectivity index (χ3n) is 1.85. The van der Waals surface area contributed by atoms with Gasteiger partial charge in [-0.25, -0.2) is 0 Å². The largest absolute Gasteiger partial charge is 0.471 e. The van der Waals surface area contributed by atoms with Gasteiger partial charge in [0, 0.05) is 13.6 Å². The smallest absolute Gasteiger partial charge is 0.334 e. The first-order chi connectivity index (χ1) is 6.91. The molecule has 0 bridgehead atoms. The molecular formula is C10H10F3NO. The van der Waals surface area contributed by atoms with E-state index >= 15 is 0 Å². The van der Waals surface area contributed by atoms with E-state index in [1.165, 1.54) is 0 Å². The number of hydrogen-bond donors (Lipinski definition) is 0. The molecule has 0 aromatic heterocycles. The molecule has 0 radical (unpaired) electrons. The first-order valence-electron chi connectivity index (χ1n) is 4.27. The van der Waals surface area contributed by atoms with Crippen LogP contribution in [0, 0.1) is 0 Å². The number of amides is 1. The van der Waals surface area contributed by atoms with Crippen molar-refractivity contribution in [2.24, 2.45) is 0 Å². The molecule has 0 spiro atoms. The first-order valence-corrected chi connectivity index (χ1v) is 4.27. The van der Waals surface area contributed by atoms with Gasteiger partial charge in [0.1, 0.15) is 0 Å². The van der Waals surface area contributed by atoms with E-state index in [1.807, 2.05) is 0 Å². The maximum absolute atomic E-state index is 12.0. The molecule has 1 amide bonds. The average molecular weight is 217 g/mol. The van der Waals surface area contributed by atoms with Gasteiger partial charge in [-0.15, -0.1) is 0 Å². The third-order valence-corrected chi connectivity index (χ3v) is 1.85. The zero-order valence-corrected chi connectivity index (χ0v) is 8.08. The number of benzene rings is 1. The minimum Gasteiger partial charge on any atom is -0.334 e. The van der Waals surface area contributed by atoms with Gasteiger partial charge in [0.15, 0.2) is 0 Å². The fourth-order valence-electron chi connectivity index (χ4n) is 1.15. The minimum atomic E-state index is -4.80. The van der Waals surface area contributed by atoms with Crippen molar-refractivity contribution in [3.8, 4) is 0 Å². The summed E-state index contributed by atoms with van der Waals surface area (Å²) in [5, 5.41) is 0. The van der Waals surface area contributed by atoms with Gasteiger partial charge in [-0.1, -0.05) is 30.3 Å². The van der Waals surface area contributed by atoms with Gasteiger partial charge in [-0.2, -0.15) is 13.2 Å². The van der Waals surface area contributed by atoms with Crippen LogP contribution in [-0.2, 0) is 11.3 Å². The fraction of sp³-hybridized carbons (Fsp3) is 0.300. The third kappa shape index (κ3) is 3.27. The van der Waals surface area contributed by atoms with E-state index in [-0.39, 0.29) is 6.54 Å². The molecule has 0 saturated carbocycles. The Hall–Kier alpha value is -1.52. The van der Waals surface area contributed by atoms with E-state index in [2.05, 4.69) is 0 Å². The van der Waals surface area contributed by atoms with E-state index in [9.17, 15) is 18.0 Å². The van der Waals surface area contributed by atoms with Gasteiger partial charge in [0.05, 0.1) is 0 Å². The Morgan fingerprint density at radius 3 is 2.27 bits per heavy atom. The van der Waals surface area contributed by atoms with Crippen molar-refractivity contribution in [2.75, 3.05) is 7.05 Å². The summed E-state index contributed by atoms with van der Waals surface area (Å²) in [6.45, 7) is -0.0425. The Morgan fingerprint density at radius 1 is 1.27 bits per heavy atom. The molecular weight excluding hydrogens is 207 g/mol. The molecule has 0 aliphatic heterocycles. The average Bonchev–Trinajstić information content (AvgIpc) is 2.16. The van der Waals surface area contributed by atoms with E-state index in [1.54, 1.807) is 30.3 Å². The number of carbonyl (C=O) groups is 1. The summed E-state index contributed by atoms with van der Waals surface area (Å²) in [4.78, 5) is 11.4. The van der Waals surface area contributed by atoms with Gasteiger partial charge in [-0.3, -0.25) is 4.79 Å². The molecule has 0 heterocycles. The molecule has 1 aromatic rings. The lowest BCUT2D eigenvalue weighted by Gasteiger charge is -2.18. The quantitative estimate of drug-likeness (QED) is 0.743. The summed E-state index contributed by atoms with van der Waals surface area (Å²) >= 11 is 0.